The van der Waals surface area contributed by atoms with E-state index < -0.39 is 15.8 Å². The van der Waals surface area contributed by atoms with E-state index in [-0.39, 0.29) is 10.9 Å². The van der Waals surface area contributed by atoms with Gasteiger partial charge in [0.05, 0.1) is 4.90 Å². The van der Waals surface area contributed by atoms with Gasteiger partial charge in [-0.3, -0.25) is 0 Å². The summed E-state index contributed by atoms with van der Waals surface area (Å²) in [5, 5.41) is 0. The van der Waals surface area contributed by atoms with Gasteiger partial charge in [-0.05, 0) is 49.4 Å². The molecule has 1 heterocycles. The van der Waals surface area contributed by atoms with Crippen molar-refractivity contribution in [3.05, 3.63) is 29.6 Å². The van der Waals surface area contributed by atoms with Gasteiger partial charge >= 0.3 is 0 Å². The minimum absolute atomic E-state index is 0.168. The number of rotatable bonds is 4. The topological polar surface area (TPSA) is 63.4 Å². The second-order valence-corrected chi connectivity index (χ2v) is 7.57. The van der Waals surface area contributed by atoms with Crippen molar-refractivity contribution in [1.82, 2.24) is 4.31 Å². The van der Waals surface area contributed by atoms with Crippen LogP contribution in [-0.2, 0) is 10.0 Å². The van der Waals surface area contributed by atoms with Gasteiger partial charge in [0.15, 0.2) is 0 Å². The normalized spacial score (nSPS) is 24.2. The van der Waals surface area contributed by atoms with E-state index in [1.54, 1.807) is 6.92 Å². The zero-order valence-electron chi connectivity index (χ0n) is 12.5. The van der Waals surface area contributed by atoms with E-state index in [1.165, 1.54) is 22.5 Å². The summed E-state index contributed by atoms with van der Waals surface area (Å²) in [5.41, 5.74) is 6.22. The van der Waals surface area contributed by atoms with Crippen LogP contribution in [0.3, 0.4) is 0 Å². The highest BCUT2D eigenvalue weighted by Crippen LogP contribution is 2.30. The molecule has 4 nitrogen and oxygen atoms in total. The number of aryl methyl sites for hydroxylation is 1. The van der Waals surface area contributed by atoms with Crippen molar-refractivity contribution in [2.24, 2.45) is 11.7 Å². The lowest BCUT2D eigenvalue weighted by atomic mass is 9.90. The molecule has 1 saturated heterocycles. The third-order valence-electron chi connectivity index (χ3n) is 4.34. The number of nitrogens with two attached hydrogens (primary N) is 1. The lowest BCUT2D eigenvalue weighted by Crippen LogP contribution is -2.49. The van der Waals surface area contributed by atoms with Crippen LogP contribution in [0.4, 0.5) is 4.39 Å². The smallest absolute Gasteiger partial charge is 0.243 e. The fourth-order valence-electron chi connectivity index (χ4n) is 3.04. The number of hydrogen-bond acceptors (Lipinski definition) is 3. The van der Waals surface area contributed by atoms with Crippen LogP contribution < -0.4 is 5.73 Å². The summed E-state index contributed by atoms with van der Waals surface area (Å²) in [6.45, 7) is 4.54. The summed E-state index contributed by atoms with van der Waals surface area (Å²) >= 11 is 0. The average Bonchev–Trinajstić information content (AvgIpc) is 2.46. The Morgan fingerprint density at radius 3 is 2.71 bits per heavy atom. The molecule has 2 atom stereocenters. The molecule has 1 fully saturated rings. The Balaban J connectivity index is 2.34. The highest BCUT2D eigenvalue weighted by Gasteiger charge is 2.36. The van der Waals surface area contributed by atoms with Crippen molar-refractivity contribution in [2.45, 2.75) is 44.0 Å². The fraction of sp³-hybridized carbons (Fsp3) is 0.600. The molecule has 0 aromatic heterocycles. The van der Waals surface area contributed by atoms with Gasteiger partial charge in [-0.15, -0.1) is 0 Å². The van der Waals surface area contributed by atoms with Gasteiger partial charge in [-0.25, -0.2) is 12.8 Å². The summed E-state index contributed by atoms with van der Waals surface area (Å²) in [7, 11) is -3.62. The number of sulfonamides is 1. The molecule has 2 unspecified atom stereocenters. The molecule has 1 aromatic carbocycles. The molecular weight excluding hydrogens is 291 g/mol. The number of piperidine rings is 1. The van der Waals surface area contributed by atoms with E-state index in [0.717, 1.165) is 19.3 Å². The molecule has 6 heteroatoms. The first kappa shape index (κ1) is 16.4. The predicted octanol–water partition coefficient (Wildman–Crippen LogP) is 2.27. The molecule has 0 bridgehead atoms. The molecule has 0 saturated carbocycles. The predicted molar refractivity (Wildman–Crippen MR) is 80.9 cm³/mol. The standard InChI is InChI=1S/C15H23FN2O2S/c1-3-12-6-7-18(14(9-12)10-17)21(19,20)15-5-4-13(16)8-11(15)2/h4-5,8,12,14H,3,6-7,9-10,17H2,1-2H3. The van der Waals surface area contributed by atoms with Gasteiger partial charge < -0.3 is 5.73 Å². The maximum absolute atomic E-state index is 13.2. The molecule has 1 aliphatic heterocycles. The SMILES string of the molecule is CCC1CCN(S(=O)(=O)c2ccc(F)cc2C)C(CN)C1. The first-order valence-electron chi connectivity index (χ1n) is 7.38. The van der Waals surface area contributed by atoms with Crippen molar-refractivity contribution in [1.29, 1.82) is 0 Å². The molecular formula is C15H23FN2O2S. The Morgan fingerprint density at radius 2 is 2.14 bits per heavy atom. The molecule has 0 spiro atoms. The van der Waals surface area contributed by atoms with Crippen LogP contribution >= 0.6 is 0 Å². The van der Waals surface area contributed by atoms with Crippen LogP contribution in [0.2, 0.25) is 0 Å². The Bertz CT molecular complexity index is 604. The number of halogens is 1. The molecule has 0 aliphatic carbocycles. The molecule has 1 aromatic rings. The van der Waals surface area contributed by atoms with E-state index in [0.29, 0.717) is 24.6 Å². The van der Waals surface area contributed by atoms with Crippen molar-refractivity contribution in [3.8, 4) is 0 Å². The van der Waals surface area contributed by atoms with Crippen LogP contribution in [0, 0.1) is 18.7 Å². The second-order valence-electron chi connectivity index (χ2n) is 5.71. The van der Waals surface area contributed by atoms with Crippen LogP contribution in [0.15, 0.2) is 23.1 Å². The van der Waals surface area contributed by atoms with E-state index in [1.807, 2.05) is 0 Å². The third-order valence-corrected chi connectivity index (χ3v) is 6.46. The monoisotopic (exact) mass is 314 g/mol. The van der Waals surface area contributed by atoms with Gasteiger partial charge in [0.25, 0.3) is 0 Å². The summed E-state index contributed by atoms with van der Waals surface area (Å²) in [6.07, 6.45) is 2.69. The first-order valence-corrected chi connectivity index (χ1v) is 8.82. The van der Waals surface area contributed by atoms with E-state index in [2.05, 4.69) is 6.92 Å². The van der Waals surface area contributed by atoms with Crippen molar-refractivity contribution < 1.29 is 12.8 Å². The van der Waals surface area contributed by atoms with Crippen molar-refractivity contribution >= 4 is 10.0 Å². The lowest BCUT2D eigenvalue weighted by molar-refractivity contribution is 0.197. The van der Waals surface area contributed by atoms with Crippen molar-refractivity contribution in [2.75, 3.05) is 13.1 Å². The highest BCUT2D eigenvalue weighted by atomic mass is 32.2. The van der Waals surface area contributed by atoms with Crippen LogP contribution in [0.25, 0.3) is 0 Å². The molecule has 118 valence electrons. The summed E-state index contributed by atoms with van der Waals surface area (Å²) in [5.74, 6) is 0.103. The Kier molecular flexibility index (Phi) is 5.01. The average molecular weight is 314 g/mol. The number of hydrogen-bond donors (Lipinski definition) is 1. The van der Waals surface area contributed by atoms with Gasteiger partial charge in [-0.2, -0.15) is 4.31 Å². The minimum atomic E-state index is -3.62. The molecule has 0 radical (unpaired) electrons. The van der Waals surface area contributed by atoms with Crippen molar-refractivity contribution in [3.63, 3.8) is 0 Å². The summed E-state index contributed by atoms with van der Waals surface area (Å²) < 4.78 is 40.4. The quantitative estimate of drug-likeness (QED) is 0.927. The number of nitrogens with zero attached hydrogens (tertiary/aromatic N) is 1. The zero-order valence-corrected chi connectivity index (χ0v) is 13.4. The lowest BCUT2D eigenvalue weighted by Gasteiger charge is -2.38. The molecule has 21 heavy (non-hydrogen) atoms. The molecule has 2 rings (SSSR count). The third kappa shape index (κ3) is 3.27. The zero-order chi connectivity index (χ0) is 15.6. The first-order chi connectivity index (χ1) is 9.90. The van der Waals surface area contributed by atoms with Crippen LogP contribution in [0.1, 0.15) is 31.7 Å². The van der Waals surface area contributed by atoms with Crippen LogP contribution in [-0.4, -0.2) is 31.9 Å². The molecule has 1 aliphatic rings. The maximum atomic E-state index is 13.2. The minimum Gasteiger partial charge on any atom is -0.329 e. The maximum Gasteiger partial charge on any atom is 0.243 e. The van der Waals surface area contributed by atoms with E-state index in [4.69, 9.17) is 5.73 Å². The summed E-state index contributed by atoms with van der Waals surface area (Å²) in [6, 6.07) is 3.62. The van der Waals surface area contributed by atoms with Gasteiger partial charge in [0.2, 0.25) is 10.0 Å². The van der Waals surface area contributed by atoms with Crippen LogP contribution in [0.5, 0.6) is 0 Å². The van der Waals surface area contributed by atoms with Gasteiger partial charge in [-0.1, -0.05) is 13.3 Å². The van der Waals surface area contributed by atoms with Gasteiger partial charge in [0.1, 0.15) is 5.82 Å². The summed E-state index contributed by atoms with van der Waals surface area (Å²) in [4.78, 5) is 0.178. The van der Waals surface area contributed by atoms with E-state index in [9.17, 15) is 12.8 Å². The Hall–Kier alpha value is -0.980. The Labute approximate surface area is 126 Å². The highest BCUT2D eigenvalue weighted by molar-refractivity contribution is 7.89. The largest absolute Gasteiger partial charge is 0.329 e. The Morgan fingerprint density at radius 1 is 1.43 bits per heavy atom. The second kappa shape index (κ2) is 6.42. The van der Waals surface area contributed by atoms with E-state index >= 15 is 0 Å². The molecule has 2 N–H and O–H groups in total. The fourth-order valence-corrected chi connectivity index (χ4v) is 4.91. The number of benzene rings is 1. The molecule has 0 amide bonds. The van der Waals surface area contributed by atoms with Gasteiger partial charge in [0, 0.05) is 19.1 Å².